The third-order valence-corrected chi connectivity index (χ3v) is 5.92. The van der Waals surface area contributed by atoms with Gasteiger partial charge in [0.1, 0.15) is 18.1 Å². The van der Waals surface area contributed by atoms with Crippen LogP contribution in [0.4, 0.5) is 0 Å². The molecule has 1 atom stereocenters. The van der Waals surface area contributed by atoms with Gasteiger partial charge in [0.15, 0.2) is 6.10 Å². The highest BCUT2D eigenvalue weighted by Crippen LogP contribution is 2.24. The maximum absolute atomic E-state index is 12.1. The van der Waals surface area contributed by atoms with E-state index in [1.165, 1.54) is 26.2 Å². The zero-order chi connectivity index (χ0) is 20.7. The molecule has 28 heavy (non-hydrogen) atoms. The van der Waals surface area contributed by atoms with E-state index in [4.69, 9.17) is 21.1 Å². The number of rotatable bonds is 9. The van der Waals surface area contributed by atoms with Crippen LogP contribution in [0.1, 0.15) is 6.92 Å². The van der Waals surface area contributed by atoms with Gasteiger partial charge in [-0.25, -0.2) is 12.7 Å². The second kappa shape index (κ2) is 9.77. The molecule has 1 amide bonds. The zero-order valence-corrected chi connectivity index (χ0v) is 17.5. The van der Waals surface area contributed by atoms with Crippen molar-refractivity contribution in [2.24, 2.45) is 0 Å². The Kier molecular flexibility index (Phi) is 7.68. The zero-order valence-electron chi connectivity index (χ0n) is 15.9. The molecule has 2 aromatic rings. The van der Waals surface area contributed by atoms with E-state index < -0.39 is 16.1 Å². The molecule has 0 aromatic heterocycles. The lowest BCUT2D eigenvalue weighted by Crippen LogP contribution is -2.38. The molecule has 0 radical (unpaired) electrons. The van der Waals surface area contributed by atoms with E-state index in [1.54, 1.807) is 43.3 Å². The summed E-state index contributed by atoms with van der Waals surface area (Å²) in [6.45, 7) is 2.13. The van der Waals surface area contributed by atoms with Gasteiger partial charge in [0.05, 0.1) is 16.5 Å². The molecule has 0 saturated carbocycles. The first kappa shape index (κ1) is 22.0. The molecule has 0 unspecified atom stereocenters. The molecule has 0 bridgehead atoms. The fourth-order valence-corrected chi connectivity index (χ4v) is 3.27. The predicted octanol–water partition coefficient (Wildman–Crippen LogP) is 2.55. The van der Waals surface area contributed by atoms with Crippen LogP contribution in [0.25, 0.3) is 0 Å². The van der Waals surface area contributed by atoms with Gasteiger partial charge in [-0.3, -0.25) is 4.79 Å². The van der Waals surface area contributed by atoms with Crippen molar-refractivity contribution in [3.63, 3.8) is 0 Å². The highest BCUT2D eigenvalue weighted by molar-refractivity contribution is 7.89. The van der Waals surface area contributed by atoms with Crippen LogP contribution in [0.3, 0.4) is 0 Å². The number of amides is 1. The van der Waals surface area contributed by atoms with Crippen molar-refractivity contribution in [2.45, 2.75) is 17.9 Å². The van der Waals surface area contributed by atoms with Gasteiger partial charge < -0.3 is 14.8 Å². The molecular weight excluding hydrogens is 404 g/mol. The summed E-state index contributed by atoms with van der Waals surface area (Å²) in [5.41, 5.74) is 0. The average molecular weight is 427 g/mol. The van der Waals surface area contributed by atoms with Crippen molar-refractivity contribution in [1.82, 2.24) is 9.62 Å². The minimum atomic E-state index is -3.47. The summed E-state index contributed by atoms with van der Waals surface area (Å²) >= 11 is 6.01. The number of carbonyl (C=O) groups is 1. The Morgan fingerprint density at radius 2 is 1.79 bits per heavy atom. The van der Waals surface area contributed by atoms with Gasteiger partial charge in [-0.05, 0) is 43.3 Å². The molecule has 9 heteroatoms. The van der Waals surface area contributed by atoms with Gasteiger partial charge in [0.2, 0.25) is 10.0 Å². The minimum Gasteiger partial charge on any atom is -0.492 e. The molecule has 0 heterocycles. The average Bonchev–Trinajstić information content (AvgIpc) is 2.67. The monoisotopic (exact) mass is 426 g/mol. The third-order valence-electron chi connectivity index (χ3n) is 3.78. The van der Waals surface area contributed by atoms with Crippen molar-refractivity contribution < 1.29 is 22.7 Å². The lowest BCUT2D eigenvalue weighted by Gasteiger charge is -2.16. The predicted molar refractivity (Wildman–Crippen MR) is 107 cm³/mol. The van der Waals surface area contributed by atoms with Crippen molar-refractivity contribution in [3.05, 3.63) is 53.6 Å². The molecule has 0 aliphatic carbocycles. The minimum absolute atomic E-state index is 0.184. The second-order valence-corrected chi connectivity index (χ2v) is 8.65. The summed E-state index contributed by atoms with van der Waals surface area (Å²) in [5, 5.41) is 3.14. The largest absolute Gasteiger partial charge is 0.492 e. The maximum atomic E-state index is 12.1. The summed E-state index contributed by atoms with van der Waals surface area (Å²) in [4.78, 5) is 12.3. The number of hydrogen-bond acceptors (Lipinski definition) is 5. The van der Waals surface area contributed by atoms with E-state index in [0.29, 0.717) is 16.5 Å². The topological polar surface area (TPSA) is 84.9 Å². The van der Waals surface area contributed by atoms with Crippen LogP contribution in [0.15, 0.2) is 53.4 Å². The molecule has 2 rings (SSSR count). The van der Waals surface area contributed by atoms with Crippen LogP contribution in [-0.4, -0.2) is 52.0 Å². The van der Waals surface area contributed by atoms with E-state index in [9.17, 15) is 13.2 Å². The van der Waals surface area contributed by atoms with Crippen molar-refractivity contribution in [1.29, 1.82) is 0 Å². The molecule has 0 saturated heterocycles. The van der Waals surface area contributed by atoms with Crippen LogP contribution in [0, 0.1) is 0 Å². The number of nitrogens with zero attached hydrogens (tertiary/aromatic N) is 1. The van der Waals surface area contributed by atoms with E-state index in [0.717, 1.165) is 4.31 Å². The normalized spacial score (nSPS) is 12.5. The van der Waals surface area contributed by atoms with Gasteiger partial charge in [0, 0.05) is 14.1 Å². The fourth-order valence-electron chi connectivity index (χ4n) is 2.19. The smallest absolute Gasteiger partial charge is 0.260 e. The number of nitrogens with one attached hydrogen (secondary N) is 1. The molecule has 2 aromatic carbocycles. The highest BCUT2D eigenvalue weighted by atomic mass is 35.5. The SMILES string of the molecule is C[C@@H](Oc1ccccc1Cl)C(=O)NCCOc1ccc(S(=O)(=O)N(C)C)cc1. The Morgan fingerprint density at radius 3 is 2.39 bits per heavy atom. The molecular formula is C19H23ClN2O5S. The molecule has 152 valence electrons. The standard InChI is InChI=1S/C19H23ClN2O5S/c1-14(27-18-7-5-4-6-17(18)20)19(23)21-12-13-26-15-8-10-16(11-9-15)28(24,25)22(2)3/h4-11,14H,12-13H2,1-3H3,(H,21,23)/t14-/m1/s1. The first-order valence-corrected chi connectivity index (χ1v) is 10.4. The Labute approximate surface area is 170 Å². The second-order valence-electron chi connectivity index (χ2n) is 6.09. The van der Waals surface area contributed by atoms with E-state index in [2.05, 4.69) is 5.32 Å². The van der Waals surface area contributed by atoms with Gasteiger partial charge in [-0.2, -0.15) is 0 Å². The van der Waals surface area contributed by atoms with Crippen LogP contribution < -0.4 is 14.8 Å². The van der Waals surface area contributed by atoms with E-state index in [-0.39, 0.29) is 24.0 Å². The van der Waals surface area contributed by atoms with Crippen LogP contribution in [0.2, 0.25) is 5.02 Å². The Hall–Kier alpha value is -2.29. The Balaban J connectivity index is 1.78. The van der Waals surface area contributed by atoms with Crippen molar-refractivity contribution in [2.75, 3.05) is 27.2 Å². The highest BCUT2D eigenvalue weighted by Gasteiger charge is 2.17. The van der Waals surface area contributed by atoms with Crippen LogP contribution in [0.5, 0.6) is 11.5 Å². The molecule has 1 N–H and O–H groups in total. The number of para-hydroxylation sites is 1. The van der Waals surface area contributed by atoms with Gasteiger partial charge in [-0.1, -0.05) is 23.7 Å². The fraction of sp³-hybridized carbons (Fsp3) is 0.316. The first-order chi connectivity index (χ1) is 13.2. The lowest BCUT2D eigenvalue weighted by atomic mass is 10.3. The van der Waals surface area contributed by atoms with Crippen LogP contribution in [-0.2, 0) is 14.8 Å². The summed E-state index contributed by atoms with van der Waals surface area (Å²) < 4.78 is 36.2. The molecule has 0 aliphatic rings. The molecule has 7 nitrogen and oxygen atoms in total. The Morgan fingerprint density at radius 1 is 1.14 bits per heavy atom. The third kappa shape index (κ3) is 5.85. The first-order valence-electron chi connectivity index (χ1n) is 8.56. The van der Waals surface area contributed by atoms with Crippen molar-refractivity contribution >= 4 is 27.5 Å². The maximum Gasteiger partial charge on any atom is 0.260 e. The summed E-state index contributed by atoms with van der Waals surface area (Å²) in [5.74, 6) is 0.652. The number of hydrogen-bond donors (Lipinski definition) is 1. The lowest BCUT2D eigenvalue weighted by molar-refractivity contribution is -0.127. The van der Waals surface area contributed by atoms with E-state index in [1.807, 2.05) is 0 Å². The van der Waals surface area contributed by atoms with E-state index >= 15 is 0 Å². The van der Waals surface area contributed by atoms with Gasteiger partial charge in [-0.15, -0.1) is 0 Å². The molecule has 0 aliphatic heterocycles. The quantitative estimate of drug-likeness (QED) is 0.623. The number of carbonyl (C=O) groups excluding carboxylic acids is 1. The summed E-state index contributed by atoms with van der Waals surface area (Å²) in [6, 6.07) is 13.0. The Bertz CT molecular complexity index is 901. The number of benzene rings is 2. The molecule has 0 fully saturated rings. The summed E-state index contributed by atoms with van der Waals surface area (Å²) in [6.07, 6.45) is -0.713. The molecule has 0 spiro atoms. The van der Waals surface area contributed by atoms with Crippen molar-refractivity contribution in [3.8, 4) is 11.5 Å². The van der Waals surface area contributed by atoms with Gasteiger partial charge in [0.25, 0.3) is 5.91 Å². The van der Waals surface area contributed by atoms with Crippen LogP contribution >= 0.6 is 11.6 Å². The summed E-state index contributed by atoms with van der Waals surface area (Å²) in [7, 11) is -0.529. The number of ether oxygens (including phenoxy) is 2. The number of sulfonamides is 1. The number of halogens is 1. The van der Waals surface area contributed by atoms with Gasteiger partial charge >= 0.3 is 0 Å².